The number of carbonyl (C=O) groups excluding carboxylic acids is 1. The summed E-state index contributed by atoms with van der Waals surface area (Å²) in [7, 11) is 0. The van der Waals surface area contributed by atoms with Crippen molar-refractivity contribution < 1.29 is 9.18 Å². The first kappa shape index (κ1) is 15.4. The molecule has 2 heterocycles. The number of carbonyl (C=O) groups is 1. The lowest BCUT2D eigenvalue weighted by Crippen LogP contribution is -2.30. The summed E-state index contributed by atoms with van der Waals surface area (Å²) < 4.78 is 13.0. The summed E-state index contributed by atoms with van der Waals surface area (Å²) in [6.07, 6.45) is 0. The first-order chi connectivity index (χ1) is 11.2. The average Bonchev–Trinajstić information content (AvgIpc) is 3.24. The largest absolute Gasteiger partial charge is 0.332 e. The molecule has 3 rings (SSSR count). The van der Waals surface area contributed by atoms with Gasteiger partial charge in [0.1, 0.15) is 11.5 Å². The quantitative estimate of drug-likeness (QED) is 0.771. The number of thiophene rings is 1. The molecule has 4 nitrogen and oxygen atoms in total. The molecule has 0 saturated carbocycles. The van der Waals surface area contributed by atoms with Crippen LogP contribution in [0, 0.1) is 5.82 Å². The van der Waals surface area contributed by atoms with Crippen molar-refractivity contribution in [1.29, 1.82) is 0 Å². The van der Waals surface area contributed by atoms with Crippen molar-refractivity contribution in [1.82, 2.24) is 15.1 Å². The van der Waals surface area contributed by atoms with Gasteiger partial charge in [-0.25, -0.2) is 4.39 Å². The maximum atomic E-state index is 13.0. The molecule has 118 valence electrons. The molecule has 0 radical (unpaired) electrons. The van der Waals surface area contributed by atoms with Gasteiger partial charge in [0.25, 0.3) is 5.91 Å². The van der Waals surface area contributed by atoms with Gasteiger partial charge in [-0.15, -0.1) is 11.3 Å². The third kappa shape index (κ3) is 3.48. The Bertz CT molecular complexity index is 781. The summed E-state index contributed by atoms with van der Waals surface area (Å²) in [6, 6.07) is 11.7. The van der Waals surface area contributed by atoms with Crippen LogP contribution in [0.2, 0.25) is 0 Å². The highest BCUT2D eigenvalue weighted by Crippen LogP contribution is 2.19. The maximum Gasteiger partial charge on any atom is 0.272 e. The molecular weight excluding hydrogens is 313 g/mol. The zero-order valence-electron chi connectivity index (χ0n) is 12.6. The molecule has 0 aliphatic rings. The Hall–Kier alpha value is -2.47. The fourth-order valence-electron chi connectivity index (χ4n) is 2.29. The van der Waals surface area contributed by atoms with E-state index in [1.165, 1.54) is 12.1 Å². The van der Waals surface area contributed by atoms with Gasteiger partial charge in [0.15, 0.2) is 0 Å². The van der Waals surface area contributed by atoms with Crippen LogP contribution in [0.25, 0.3) is 11.3 Å². The number of rotatable bonds is 5. The summed E-state index contributed by atoms with van der Waals surface area (Å²) >= 11 is 1.63. The number of hydrogen-bond donors (Lipinski definition) is 1. The lowest BCUT2D eigenvalue weighted by atomic mass is 10.1. The number of aromatic amines is 1. The Balaban J connectivity index is 1.78. The van der Waals surface area contributed by atoms with Gasteiger partial charge in [-0.05, 0) is 48.7 Å². The van der Waals surface area contributed by atoms with Crippen LogP contribution in [0.4, 0.5) is 4.39 Å². The van der Waals surface area contributed by atoms with E-state index in [0.717, 1.165) is 10.4 Å². The Morgan fingerprint density at radius 2 is 2.09 bits per heavy atom. The van der Waals surface area contributed by atoms with Gasteiger partial charge in [0.2, 0.25) is 0 Å². The topological polar surface area (TPSA) is 49.0 Å². The standard InChI is InChI=1S/C17H16FN3OS/c1-2-21(11-14-4-3-9-23-14)17(22)16-10-15(19-20-16)12-5-7-13(18)8-6-12/h3-10H,2,11H2,1H3,(H,19,20). The van der Waals surface area contributed by atoms with Crippen LogP contribution < -0.4 is 0 Å². The molecule has 6 heteroatoms. The predicted molar refractivity (Wildman–Crippen MR) is 88.7 cm³/mol. The fourth-order valence-corrected chi connectivity index (χ4v) is 3.01. The Kier molecular flexibility index (Phi) is 4.52. The smallest absolute Gasteiger partial charge is 0.272 e. The van der Waals surface area contributed by atoms with Gasteiger partial charge in [-0.2, -0.15) is 5.10 Å². The normalized spacial score (nSPS) is 10.7. The number of nitrogens with one attached hydrogen (secondary N) is 1. The second-order valence-electron chi connectivity index (χ2n) is 5.07. The molecule has 0 bridgehead atoms. The van der Waals surface area contributed by atoms with Gasteiger partial charge >= 0.3 is 0 Å². The molecule has 0 aliphatic heterocycles. The van der Waals surface area contributed by atoms with Crippen LogP contribution in [-0.4, -0.2) is 27.5 Å². The molecule has 0 aliphatic carbocycles. The van der Waals surface area contributed by atoms with Gasteiger partial charge in [0.05, 0.1) is 12.2 Å². The molecular formula is C17H16FN3OS. The number of nitrogens with zero attached hydrogens (tertiary/aromatic N) is 2. The van der Waals surface area contributed by atoms with E-state index < -0.39 is 0 Å². The molecule has 23 heavy (non-hydrogen) atoms. The van der Waals surface area contributed by atoms with E-state index in [9.17, 15) is 9.18 Å². The zero-order chi connectivity index (χ0) is 16.2. The summed E-state index contributed by atoms with van der Waals surface area (Å²) in [5, 5.41) is 8.94. The van der Waals surface area contributed by atoms with Crippen molar-refractivity contribution in [3.63, 3.8) is 0 Å². The number of H-pyrrole nitrogens is 1. The number of benzene rings is 1. The second-order valence-corrected chi connectivity index (χ2v) is 6.10. The first-order valence-corrected chi connectivity index (χ1v) is 8.18. The molecule has 1 N–H and O–H groups in total. The van der Waals surface area contributed by atoms with E-state index in [2.05, 4.69) is 10.2 Å². The molecule has 3 aromatic rings. The van der Waals surface area contributed by atoms with E-state index in [0.29, 0.717) is 24.5 Å². The summed E-state index contributed by atoms with van der Waals surface area (Å²) in [5.41, 5.74) is 1.83. The summed E-state index contributed by atoms with van der Waals surface area (Å²) in [5.74, 6) is -0.393. The van der Waals surface area contributed by atoms with Crippen molar-refractivity contribution in [3.8, 4) is 11.3 Å². The summed E-state index contributed by atoms with van der Waals surface area (Å²) in [4.78, 5) is 15.5. The number of hydrogen-bond acceptors (Lipinski definition) is 3. The van der Waals surface area contributed by atoms with Crippen molar-refractivity contribution in [2.24, 2.45) is 0 Å². The van der Waals surface area contributed by atoms with E-state index in [-0.39, 0.29) is 11.7 Å². The number of amides is 1. The first-order valence-electron chi connectivity index (χ1n) is 7.30. The lowest BCUT2D eigenvalue weighted by Gasteiger charge is -2.19. The van der Waals surface area contributed by atoms with Gasteiger partial charge in [-0.3, -0.25) is 9.89 Å². The Morgan fingerprint density at radius 3 is 2.74 bits per heavy atom. The van der Waals surface area contributed by atoms with Crippen molar-refractivity contribution in [3.05, 3.63) is 64.2 Å². The minimum Gasteiger partial charge on any atom is -0.332 e. The van der Waals surface area contributed by atoms with Crippen molar-refractivity contribution in [2.45, 2.75) is 13.5 Å². The zero-order valence-corrected chi connectivity index (χ0v) is 13.4. The van der Waals surface area contributed by atoms with Gasteiger partial charge in [0, 0.05) is 17.0 Å². The Morgan fingerprint density at radius 1 is 1.30 bits per heavy atom. The van der Waals surface area contributed by atoms with Crippen molar-refractivity contribution in [2.75, 3.05) is 6.54 Å². The van der Waals surface area contributed by atoms with E-state index >= 15 is 0 Å². The average molecular weight is 329 g/mol. The molecule has 1 aromatic carbocycles. The number of aromatic nitrogens is 2. The van der Waals surface area contributed by atoms with Crippen LogP contribution in [0.1, 0.15) is 22.3 Å². The van der Waals surface area contributed by atoms with Crippen LogP contribution in [0.15, 0.2) is 47.8 Å². The molecule has 0 atom stereocenters. The van der Waals surface area contributed by atoms with Crippen LogP contribution in [0.5, 0.6) is 0 Å². The molecule has 0 fully saturated rings. The van der Waals surface area contributed by atoms with E-state index in [1.54, 1.807) is 34.4 Å². The monoisotopic (exact) mass is 329 g/mol. The minimum atomic E-state index is -0.298. The second kappa shape index (κ2) is 6.75. The fraction of sp³-hybridized carbons (Fsp3) is 0.176. The van der Waals surface area contributed by atoms with E-state index in [4.69, 9.17) is 0 Å². The summed E-state index contributed by atoms with van der Waals surface area (Å²) in [6.45, 7) is 3.14. The highest BCUT2D eigenvalue weighted by atomic mass is 32.1. The predicted octanol–water partition coefficient (Wildman–Crippen LogP) is 3.94. The molecule has 0 saturated heterocycles. The third-order valence-corrected chi connectivity index (χ3v) is 4.41. The lowest BCUT2D eigenvalue weighted by molar-refractivity contribution is 0.0748. The third-order valence-electron chi connectivity index (χ3n) is 3.54. The maximum absolute atomic E-state index is 13.0. The molecule has 2 aromatic heterocycles. The van der Waals surface area contributed by atoms with Crippen LogP contribution in [0.3, 0.4) is 0 Å². The molecule has 0 unspecified atom stereocenters. The Labute approximate surface area is 137 Å². The van der Waals surface area contributed by atoms with Crippen LogP contribution in [-0.2, 0) is 6.54 Å². The SMILES string of the molecule is CCN(Cc1cccs1)C(=O)c1cc(-c2ccc(F)cc2)n[nH]1. The highest BCUT2D eigenvalue weighted by Gasteiger charge is 2.18. The van der Waals surface area contributed by atoms with Crippen molar-refractivity contribution >= 4 is 17.2 Å². The van der Waals surface area contributed by atoms with E-state index in [1.807, 2.05) is 24.4 Å². The van der Waals surface area contributed by atoms with Gasteiger partial charge in [-0.1, -0.05) is 6.07 Å². The van der Waals surface area contributed by atoms with Crippen LogP contribution >= 0.6 is 11.3 Å². The molecule has 0 spiro atoms. The molecule has 1 amide bonds. The minimum absolute atomic E-state index is 0.0956. The number of halogens is 1. The highest BCUT2D eigenvalue weighted by molar-refractivity contribution is 7.09. The van der Waals surface area contributed by atoms with Gasteiger partial charge < -0.3 is 4.90 Å².